The Labute approximate surface area is 150 Å². The minimum Gasteiger partial charge on any atom is -0.484 e. The second-order valence-electron chi connectivity index (χ2n) is 6.32. The largest absolute Gasteiger partial charge is 0.484 e. The first-order chi connectivity index (χ1) is 12.5. The van der Waals surface area contributed by atoms with Gasteiger partial charge in [-0.1, -0.05) is 6.07 Å². The first kappa shape index (κ1) is 17.9. The number of hydrogen-bond acceptors (Lipinski definition) is 6. The van der Waals surface area contributed by atoms with Gasteiger partial charge in [0, 0.05) is 19.0 Å². The summed E-state index contributed by atoms with van der Waals surface area (Å²) < 4.78 is 11.1. The Morgan fingerprint density at radius 2 is 2.27 bits per heavy atom. The molecule has 2 heterocycles. The lowest BCUT2D eigenvalue weighted by atomic mass is 9.88. The number of benzene rings is 1. The van der Waals surface area contributed by atoms with E-state index in [-0.39, 0.29) is 12.2 Å². The quantitative estimate of drug-likeness (QED) is 0.484. The highest BCUT2D eigenvalue weighted by Crippen LogP contribution is 2.39. The molecule has 1 unspecified atom stereocenters. The molecule has 2 N–H and O–H groups in total. The maximum Gasteiger partial charge on any atom is 0.409 e. The van der Waals surface area contributed by atoms with Gasteiger partial charge in [0.25, 0.3) is 5.91 Å². The molecule has 3 rings (SSSR count). The first-order valence-corrected chi connectivity index (χ1v) is 8.36. The van der Waals surface area contributed by atoms with Crippen molar-refractivity contribution in [3.8, 4) is 5.75 Å². The molecule has 1 aromatic rings. The fourth-order valence-electron chi connectivity index (χ4n) is 3.27. The molecule has 1 atom stereocenters. The van der Waals surface area contributed by atoms with Crippen LogP contribution in [-0.2, 0) is 9.53 Å². The second kappa shape index (κ2) is 7.17. The van der Waals surface area contributed by atoms with E-state index in [0.29, 0.717) is 43.0 Å². The van der Waals surface area contributed by atoms with Crippen molar-refractivity contribution < 1.29 is 29.1 Å². The van der Waals surface area contributed by atoms with E-state index in [1.54, 1.807) is 30.0 Å². The number of nitrogens with zero attached hydrogens (tertiary/aromatic N) is 1. The van der Waals surface area contributed by atoms with Gasteiger partial charge in [0.15, 0.2) is 5.78 Å². The van der Waals surface area contributed by atoms with Crippen molar-refractivity contribution in [2.24, 2.45) is 0 Å². The summed E-state index contributed by atoms with van der Waals surface area (Å²) in [5, 5.41) is 8.50. The highest BCUT2D eigenvalue weighted by molar-refractivity contribution is 6.01. The Bertz CT molecular complexity index is 775. The van der Waals surface area contributed by atoms with Gasteiger partial charge in [-0.05, 0) is 30.7 Å². The van der Waals surface area contributed by atoms with Crippen molar-refractivity contribution in [2.45, 2.75) is 25.4 Å². The normalized spacial score (nSPS) is 21.6. The lowest BCUT2D eigenvalue weighted by Gasteiger charge is -2.34. The van der Waals surface area contributed by atoms with E-state index in [0.717, 1.165) is 6.08 Å². The van der Waals surface area contributed by atoms with Crippen LogP contribution in [0.3, 0.4) is 0 Å². The standard InChI is InChI=1S/C18H20N2O6/c1-2-25-17(23)20-8-7-18(11-20)10-14(21)13-9-12(3-5-15(13)26-18)4-6-16(22)19-24/h3-6,9,24H,2,7-8,10-11H2,1H3,(H,19,22)/b6-4+. The topological polar surface area (TPSA) is 105 Å². The molecule has 1 aromatic carbocycles. The van der Waals surface area contributed by atoms with E-state index in [1.165, 1.54) is 11.6 Å². The molecule has 2 aliphatic heterocycles. The van der Waals surface area contributed by atoms with Crippen LogP contribution in [0.4, 0.5) is 4.79 Å². The Kier molecular flexibility index (Phi) is 4.94. The molecule has 0 aliphatic carbocycles. The predicted molar refractivity (Wildman–Crippen MR) is 90.9 cm³/mol. The molecule has 1 fully saturated rings. The minimum absolute atomic E-state index is 0.0705. The fraction of sp³-hybridized carbons (Fsp3) is 0.389. The maximum absolute atomic E-state index is 12.6. The van der Waals surface area contributed by atoms with E-state index in [2.05, 4.69) is 0 Å². The fourth-order valence-corrected chi connectivity index (χ4v) is 3.27. The van der Waals surface area contributed by atoms with Gasteiger partial charge in [0.05, 0.1) is 25.1 Å². The van der Waals surface area contributed by atoms with Crippen LogP contribution in [0.15, 0.2) is 24.3 Å². The summed E-state index contributed by atoms with van der Waals surface area (Å²) in [7, 11) is 0. The summed E-state index contributed by atoms with van der Waals surface area (Å²) in [5.41, 5.74) is 1.86. The third-order valence-corrected chi connectivity index (χ3v) is 4.49. The van der Waals surface area contributed by atoms with Crippen molar-refractivity contribution in [2.75, 3.05) is 19.7 Å². The van der Waals surface area contributed by atoms with Gasteiger partial charge in [-0.2, -0.15) is 0 Å². The van der Waals surface area contributed by atoms with Gasteiger partial charge in [0.2, 0.25) is 0 Å². The van der Waals surface area contributed by atoms with Crippen molar-refractivity contribution in [1.29, 1.82) is 0 Å². The lowest BCUT2D eigenvalue weighted by Crippen LogP contribution is -2.45. The lowest BCUT2D eigenvalue weighted by molar-refractivity contribution is -0.124. The van der Waals surface area contributed by atoms with E-state index in [9.17, 15) is 14.4 Å². The Morgan fingerprint density at radius 3 is 3.00 bits per heavy atom. The van der Waals surface area contributed by atoms with Crippen LogP contribution in [0, 0.1) is 0 Å². The number of rotatable bonds is 3. The molecule has 0 aromatic heterocycles. The summed E-state index contributed by atoms with van der Waals surface area (Å²) in [6.45, 7) is 2.85. The highest BCUT2D eigenvalue weighted by atomic mass is 16.6. The molecule has 8 heteroatoms. The Morgan fingerprint density at radius 1 is 1.46 bits per heavy atom. The number of likely N-dealkylation sites (tertiary alicyclic amines) is 1. The van der Waals surface area contributed by atoms with Crippen LogP contribution >= 0.6 is 0 Å². The van der Waals surface area contributed by atoms with Gasteiger partial charge < -0.3 is 14.4 Å². The molecular formula is C18H20N2O6. The minimum atomic E-state index is -0.717. The van der Waals surface area contributed by atoms with Crippen LogP contribution in [0.1, 0.15) is 35.7 Å². The average molecular weight is 360 g/mol. The Balaban J connectivity index is 1.77. The van der Waals surface area contributed by atoms with E-state index in [4.69, 9.17) is 14.7 Å². The number of nitrogens with one attached hydrogen (secondary N) is 1. The third kappa shape index (κ3) is 3.55. The number of Topliss-reactive ketones (excluding diaryl/α,β-unsaturated/α-hetero) is 1. The maximum atomic E-state index is 12.6. The second-order valence-corrected chi connectivity index (χ2v) is 6.32. The number of amides is 2. The number of ketones is 1. The summed E-state index contributed by atoms with van der Waals surface area (Å²) >= 11 is 0. The molecule has 138 valence electrons. The van der Waals surface area contributed by atoms with Gasteiger partial charge >= 0.3 is 6.09 Å². The molecule has 26 heavy (non-hydrogen) atoms. The number of ether oxygens (including phenoxy) is 2. The van der Waals surface area contributed by atoms with Crippen LogP contribution in [0.25, 0.3) is 6.08 Å². The molecule has 1 saturated heterocycles. The third-order valence-electron chi connectivity index (χ3n) is 4.49. The van der Waals surface area contributed by atoms with E-state index >= 15 is 0 Å². The number of fused-ring (bicyclic) bond motifs is 1. The van der Waals surface area contributed by atoms with Gasteiger partial charge in [0.1, 0.15) is 11.4 Å². The van der Waals surface area contributed by atoms with Crippen molar-refractivity contribution in [3.63, 3.8) is 0 Å². The zero-order chi connectivity index (χ0) is 18.7. The molecule has 1 spiro atoms. The molecule has 8 nitrogen and oxygen atoms in total. The number of hydrogen-bond donors (Lipinski definition) is 2. The van der Waals surface area contributed by atoms with Crippen molar-refractivity contribution in [3.05, 3.63) is 35.4 Å². The molecular weight excluding hydrogens is 340 g/mol. The summed E-state index contributed by atoms with van der Waals surface area (Å²) in [6, 6.07) is 5.03. The van der Waals surface area contributed by atoms with Crippen LogP contribution in [0.2, 0.25) is 0 Å². The monoisotopic (exact) mass is 360 g/mol. The van der Waals surface area contributed by atoms with Gasteiger partial charge in [-0.15, -0.1) is 0 Å². The molecule has 0 saturated carbocycles. The summed E-state index contributed by atoms with van der Waals surface area (Å²) in [5.74, 6) is -0.260. The SMILES string of the molecule is CCOC(=O)N1CCC2(CC(=O)c3cc(/C=C/C(=O)NO)ccc3O2)C1. The zero-order valence-electron chi connectivity index (χ0n) is 14.4. The first-order valence-electron chi connectivity index (χ1n) is 8.36. The van der Waals surface area contributed by atoms with Gasteiger partial charge in [-0.3, -0.25) is 14.8 Å². The molecule has 0 radical (unpaired) electrons. The molecule has 2 amide bonds. The summed E-state index contributed by atoms with van der Waals surface area (Å²) in [4.78, 5) is 37.2. The number of hydroxylamine groups is 1. The highest BCUT2D eigenvalue weighted by Gasteiger charge is 2.47. The average Bonchev–Trinajstić information content (AvgIpc) is 3.03. The molecule has 2 aliphatic rings. The predicted octanol–water partition coefficient (Wildman–Crippen LogP) is 1.77. The molecule has 0 bridgehead atoms. The van der Waals surface area contributed by atoms with Crippen LogP contribution in [-0.4, -0.2) is 53.2 Å². The smallest absolute Gasteiger partial charge is 0.409 e. The van der Waals surface area contributed by atoms with E-state index in [1.807, 2.05) is 0 Å². The summed E-state index contributed by atoms with van der Waals surface area (Å²) in [6.07, 6.45) is 3.00. The van der Waals surface area contributed by atoms with Crippen molar-refractivity contribution in [1.82, 2.24) is 10.4 Å². The van der Waals surface area contributed by atoms with E-state index < -0.39 is 17.6 Å². The number of carbonyl (C=O) groups excluding carboxylic acids is 3. The van der Waals surface area contributed by atoms with Crippen LogP contribution < -0.4 is 10.2 Å². The Hall–Kier alpha value is -2.87. The zero-order valence-corrected chi connectivity index (χ0v) is 14.4. The van der Waals surface area contributed by atoms with Gasteiger partial charge in [-0.25, -0.2) is 10.3 Å². The van der Waals surface area contributed by atoms with Crippen molar-refractivity contribution >= 4 is 23.9 Å². The van der Waals surface area contributed by atoms with Crippen LogP contribution in [0.5, 0.6) is 5.75 Å². The number of carbonyl (C=O) groups is 3.